The summed E-state index contributed by atoms with van der Waals surface area (Å²) in [5, 5.41) is 6.76. The summed E-state index contributed by atoms with van der Waals surface area (Å²) in [6.45, 7) is 1.77. The van der Waals surface area contributed by atoms with E-state index in [0.29, 0.717) is 11.3 Å². The molecule has 0 saturated heterocycles. The molecule has 1 aromatic heterocycles. The van der Waals surface area contributed by atoms with Gasteiger partial charge >= 0.3 is 0 Å². The van der Waals surface area contributed by atoms with Crippen LogP contribution in [0, 0.1) is 6.92 Å². The molecule has 0 aliphatic rings. The summed E-state index contributed by atoms with van der Waals surface area (Å²) >= 11 is 0. The highest BCUT2D eigenvalue weighted by molar-refractivity contribution is 7.92. The molecule has 0 unspecified atom stereocenters. The van der Waals surface area contributed by atoms with Crippen LogP contribution in [0.25, 0.3) is 11.3 Å². The average Bonchev–Trinajstić information content (AvgIpc) is 3.02. The highest BCUT2D eigenvalue weighted by atomic mass is 32.2. The average molecular weight is 313 g/mol. The van der Waals surface area contributed by atoms with Gasteiger partial charge in [0.25, 0.3) is 10.0 Å². The van der Waals surface area contributed by atoms with E-state index in [-0.39, 0.29) is 4.90 Å². The molecule has 5 nitrogen and oxygen atoms in total. The molecule has 0 spiro atoms. The molecule has 0 radical (unpaired) electrons. The van der Waals surface area contributed by atoms with Gasteiger partial charge in [-0.15, -0.1) is 0 Å². The summed E-state index contributed by atoms with van der Waals surface area (Å²) < 4.78 is 27.4. The van der Waals surface area contributed by atoms with Crippen molar-refractivity contribution in [3.8, 4) is 11.3 Å². The van der Waals surface area contributed by atoms with Crippen molar-refractivity contribution in [3.05, 3.63) is 66.4 Å². The van der Waals surface area contributed by atoms with Crippen molar-refractivity contribution in [3.63, 3.8) is 0 Å². The lowest BCUT2D eigenvalue weighted by atomic mass is 10.1. The Labute approximate surface area is 129 Å². The molecule has 0 atom stereocenters. The van der Waals surface area contributed by atoms with Crippen LogP contribution in [0.5, 0.6) is 0 Å². The van der Waals surface area contributed by atoms with Crippen molar-refractivity contribution in [2.45, 2.75) is 11.8 Å². The number of hydrogen-bond acceptors (Lipinski definition) is 3. The Morgan fingerprint density at radius 2 is 1.73 bits per heavy atom. The van der Waals surface area contributed by atoms with Gasteiger partial charge in [0.15, 0.2) is 0 Å². The highest BCUT2D eigenvalue weighted by Gasteiger charge is 2.16. The molecule has 22 heavy (non-hydrogen) atoms. The van der Waals surface area contributed by atoms with E-state index in [0.717, 1.165) is 11.3 Å². The van der Waals surface area contributed by atoms with Crippen molar-refractivity contribution in [1.29, 1.82) is 0 Å². The van der Waals surface area contributed by atoms with E-state index in [4.69, 9.17) is 0 Å². The van der Waals surface area contributed by atoms with Gasteiger partial charge in [0, 0.05) is 11.9 Å². The Hall–Kier alpha value is -2.60. The van der Waals surface area contributed by atoms with Crippen molar-refractivity contribution < 1.29 is 8.42 Å². The number of anilines is 1. The molecule has 0 aliphatic heterocycles. The predicted octanol–water partition coefficient (Wildman–Crippen LogP) is 3.19. The second-order valence-electron chi connectivity index (χ2n) is 4.92. The third kappa shape index (κ3) is 2.87. The third-order valence-electron chi connectivity index (χ3n) is 3.33. The van der Waals surface area contributed by atoms with Gasteiger partial charge < -0.3 is 0 Å². The van der Waals surface area contributed by atoms with Gasteiger partial charge in [0.2, 0.25) is 0 Å². The maximum Gasteiger partial charge on any atom is 0.262 e. The van der Waals surface area contributed by atoms with Crippen LogP contribution in [0.2, 0.25) is 0 Å². The number of aryl methyl sites for hydroxylation is 1. The first-order valence-corrected chi connectivity index (χ1v) is 8.23. The van der Waals surface area contributed by atoms with Crippen LogP contribution in [0.15, 0.2) is 65.7 Å². The van der Waals surface area contributed by atoms with Crippen LogP contribution in [0.4, 0.5) is 5.69 Å². The van der Waals surface area contributed by atoms with Gasteiger partial charge in [0.05, 0.1) is 10.6 Å². The molecule has 3 rings (SSSR count). The molecule has 3 aromatic rings. The van der Waals surface area contributed by atoms with Crippen molar-refractivity contribution in [1.82, 2.24) is 10.2 Å². The van der Waals surface area contributed by atoms with Crippen LogP contribution in [0.3, 0.4) is 0 Å². The molecule has 112 valence electrons. The van der Waals surface area contributed by atoms with Crippen LogP contribution < -0.4 is 4.72 Å². The third-order valence-corrected chi connectivity index (χ3v) is 4.87. The van der Waals surface area contributed by atoms with Gasteiger partial charge in [-0.1, -0.05) is 30.3 Å². The predicted molar refractivity (Wildman–Crippen MR) is 86.0 cm³/mol. The Balaban J connectivity index is 1.86. The molecule has 0 amide bonds. The summed E-state index contributed by atoms with van der Waals surface area (Å²) in [5.41, 5.74) is 3.06. The molecule has 2 N–H and O–H groups in total. The van der Waals surface area contributed by atoms with E-state index in [1.54, 1.807) is 43.5 Å². The summed E-state index contributed by atoms with van der Waals surface area (Å²) in [7, 11) is -3.58. The van der Waals surface area contributed by atoms with Crippen LogP contribution >= 0.6 is 0 Å². The molecule has 1 heterocycles. The summed E-state index contributed by atoms with van der Waals surface area (Å²) in [4.78, 5) is 0.285. The van der Waals surface area contributed by atoms with Gasteiger partial charge in [-0.2, -0.15) is 5.10 Å². The minimum absolute atomic E-state index is 0.285. The first-order valence-electron chi connectivity index (χ1n) is 6.74. The lowest BCUT2D eigenvalue weighted by Crippen LogP contribution is -2.14. The zero-order chi connectivity index (χ0) is 15.6. The number of nitrogens with one attached hydrogen (secondary N) is 2. The van der Waals surface area contributed by atoms with Gasteiger partial charge in [-0.25, -0.2) is 8.42 Å². The zero-order valence-electron chi connectivity index (χ0n) is 11.9. The highest BCUT2D eigenvalue weighted by Crippen LogP contribution is 2.22. The van der Waals surface area contributed by atoms with E-state index >= 15 is 0 Å². The number of sulfonamides is 1. The second-order valence-corrected chi connectivity index (χ2v) is 6.57. The number of nitrogens with zero attached hydrogens (tertiary/aromatic N) is 1. The van der Waals surface area contributed by atoms with Crippen LogP contribution in [0.1, 0.15) is 5.56 Å². The monoisotopic (exact) mass is 313 g/mol. The zero-order valence-corrected chi connectivity index (χ0v) is 12.8. The van der Waals surface area contributed by atoms with E-state index in [1.165, 1.54) is 0 Å². The van der Waals surface area contributed by atoms with Crippen molar-refractivity contribution in [2.24, 2.45) is 0 Å². The molecule has 0 fully saturated rings. The summed E-state index contributed by atoms with van der Waals surface area (Å²) in [6.07, 6.45) is 1.67. The number of benzene rings is 2. The van der Waals surface area contributed by atoms with E-state index < -0.39 is 10.0 Å². The first kappa shape index (κ1) is 14.3. The van der Waals surface area contributed by atoms with Crippen LogP contribution in [-0.4, -0.2) is 18.6 Å². The van der Waals surface area contributed by atoms with Gasteiger partial charge in [-0.3, -0.25) is 9.82 Å². The Morgan fingerprint density at radius 3 is 2.36 bits per heavy atom. The van der Waals surface area contributed by atoms with E-state index in [9.17, 15) is 8.42 Å². The van der Waals surface area contributed by atoms with Crippen LogP contribution in [-0.2, 0) is 10.0 Å². The molecule has 0 saturated carbocycles. The van der Waals surface area contributed by atoms with Crippen molar-refractivity contribution >= 4 is 15.7 Å². The Kier molecular flexibility index (Phi) is 3.68. The maximum absolute atomic E-state index is 12.4. The molecular weight excluding hydrogens is 298 g/mol. The second kappa shape index (κ2) is 5.65. The smallest absolute Gasteiger partial charge is 0.262 e. The Morgan fingerprint density at radius 1 is 1.00 bits per heavy atom. The standard InChI is InChI=1S/C16H15N3O2S/c1-12-4-2-3-5-16(12)22(20,21)19-14-8-6-13(7-9-14)15-10-11-17-18-15/h2-11,19H,1H3,(H,17,18). The summed E-state index contributed by atoms with van der Waals surface area (Å²) in [6, 6.07) is 15.9. The molecule has 0 aliphatic carbocycles. The fourth-order valence-electron chi connectivity index (χ4n) is 2.20. The van der Waals surface area contributed by atoms with Gasteiger partial charge in [0.1, 0.15) is 0 Å². The minimum Gasteiger partial charge on any atom is -0.280 e. The topological polar surface area (TPSA) is 74.8 Å². The molecular formula is C16H15N3O2S. The summed E-state index contributed by atoms with van der Waals surface area (Å²) in [5.74, 6) is 0. The minimum atomic E-state index is -3.58. The largest absolute Gasteiger partial charge is 0.280 e. The number of aromatic nitrogens is 2. The maximum atomic E-state index is 12.4. The first-order chi connectivity index (χ1) is 10.6. The van der Waals surface area contributed by atoms with E-state index in [1.807, 2.05) is 24.3 Å². The quantitative estimate of drug-likeness (QED) is 0.777. The number of aromatic amines is 1. The normalized spacial score (nSPS) is 11.3. The Bertz CT molecular complexity index is 870. The molecule has 0 bridgehead atoms. The SMILES string of the molecule is Cc1ccccc1S(=O)(=O)Nc1ccc(-c2ccn[nH]2)cc1. The van der Waals surface area contributed by atoms with E-state index in [2.05, 4.69) is 14.9 Å². The lowest BCUT2D eigenvalue weighted by molar-refractivity contribution is 0.600. The van der Waals surface area contributed by atoms with Crippen molar-refractivity contribution in [2.75, 3.05) is 4.72 Å². The number of hydrogen-bond donors (Lipinski definition) is 2. The molecule has 6 heteroatoms. The fourth-order valence-corrected chi connectivity index (χ4v) is 3.51. The fraction of sp³-hybridized carbons (Fsp3) is 0.0625. The van der Waals surface area contributed by atoms with Gasteiger partial charge in [-0.05, 0) is 42.3 Å². The molecule has 2 aromatic carbocycles. The number of H-pyrrole nitrogens is 1. The lowest BCUT2D eigenvalue weighted by Gasteiger charge is -2.10. The number of rotatable bonds is 4.